The molecule has 0 aliphatic carbocycles. The topological polar surface area (TPSA) is 55.6 Å². The van der Waals surface area contributed by atoms with Gasteiger partial charge in [-0.3, -0.25) is 9.72 Å². The molecule has 134 valence electrons. The Bertz CT molecular complexity index is 1080. The van der Waals surface area contributed by atoms with Crippen LogP contribution in [0, 0.1) is 0 Å². The molecule has 2 heterocycles. The van der Waals surface area contributed by atoms with Gasteiger partial charge in [-0.1, -0.05) is 60.7 Å². The van der Waals surface area contributed by atoms with E-state index in [0.29, 0.717) is 11.5 Å². The Labute approximate surface area is 164 Å². The smallest absolute Gasteiger partial charge is 0.413 e. The largest absolute Gasteiger partial charge is 0.444 e. The van der Waals surface area contributed by atoms with Crippen molar-refractivity contribution in [3.63, 3.8) is 0 Å². The van der Waals surface area contributed by atoms with Crippen LogP contribution in [0.2, 0.25) is 0 Å². The summed E-state index contributed by atoms with van der Waals surface area (Å²) in [5, 5.41) is 2.85. The van der Waals surface area contributed by atoms with Crippen LogP contribution in [0.1, 0.15) is 5.56 Å². The van der Waals surface area contributed by atoms with Crippen LogP contribution < -0.4 is 5.32 Å². The number of aromatic nitrogens is 2. The molecule has 2 aromatic carbocycles. The summed E-state index contributed by atoms with van der Waals surface area (Å²) in [4.78, 5) is 17.1. The number of benzene rings is 2. The lowest BCUT2D eigenvalue weighted by atomic mass is 10.1. The molecule has 4 rings (SSSR count). The van der Waals surface area contributed by atoms with Crippen molar-refractivity contribution in [2.45, 2.75) is 6.61 Å². The van der Waals surface area contributed by atoms with Gasteiger partial charge in [0.1, 0.15) is 23.8 Å². The van der Waals surface area contributed by atoms with Crippen molar-refractivity contribution in [1.29, 1.82) is 0 Å². The average Bonchev–Trinajstić information content (AvgIpc) is 3.05. The van der Waals surface area contributed by atoms with E-state index < -0.39 is 6.09 Å². The van der Waals surface area contributed by atoms with E-state index in [1.807, 2.05) is 83.4 Å². The number of halogens is 1. The Balaban J connectivity index is 1.65. The van der Waals surface area contributed by atoms with Gasteiger partial charge in [0.2, 0.25) is 0 Å². The fourth-order valence-corrected chi connectivity index (χ4v) is 3.13. The van der Waals surface area contributed by atoms with Crippen LogP contribution in [0.3, 0.4) is 0 Å². The van der Waals surface area contributed by atoms with Gasteiger partial charge < -0.3 is 4.74 Å². The molecule has 27 heavy (non-hydrogen) atoms. The molecule has 0 bridgehead atoms. The lowest BCUT2D eigenvalue weighted by Gasteiger charge is -2.09. The number of anilines is 1. The number of pyridine rings is 1. The lowest BCUT2D eigenvalue weighted by molar-refractivity contribution is 0.155. The van der Waals surface area contributed by atoms with Crippen LogP contribution in [-0.2, 0) is 11.3 Å². The molecule has 0 unspecified atom stereocenters. The zero-order chi connectivity index (χ0) is 18.6. The minimum atomic E-state index is -0.530. The van der Waals surface area contributed by atoms with Gasteiger partial charge in [-0.25, -0.2) is 9.78 Å². The number of nitrogens with one attached hydrogen (secondary N) is 1. The van der Waals surface area contributed by atoms with Crippen LogP contribution in [0.25, 0.3) is 16.9 Å². The van der Waals surface area contributed by atoms with E-state index in [2.05, 4.69) is 26.2 Å². The Kier molecular flexibility index (Phi) is 4.89. The minimum Gasteiger partial charge on any atom is -0.444 e. The molecule has 1 N–H and O–H groups in total. The third-order valence-corrected chi connectivity index (χ3v) is 4.53. The van der Waals surface area contributed by atoms with Crippen molar-refractivity contribution in [2.75, 3.05) is 5.32 Å². The first kappa shape index (κ1) is 17.3. The van der Waals surface area contributed by atoms with Crippen molar-refractivity contribution >= 4 is 33.5 Å². The normalized spacial score (nSPS) is 10.7. The molecular formula is C21H16BrN3O2. The molecule has 0 saturated carbocycles. The summed E-state index contributed by atoms with van der Waals surface area (Å²) in [6.07, 6.45) is 1.33. The number of nitrogens with zero attached hydrogens (tertiary/aromatic N) is 2. The van der Waals surface area contributed by atoms with Gasteiger partial charge in [0, 0.05) is 16.2 Å². The van der Waals surface area contributed by atoms with Crippen molar-refractivity contribution in [2.24, 2.45) is 0 Å². The molecule has 2 aromatic heterocycles. The van der Waals surface area contributed by atoms with E-state index in [1.54, 1.807) is 0 Å². The molecule has 0 atom stereocenters. The van der Waals surface area contributed by atoms with Gasteiger partial charge in [-0.2, -0.15) is 0 Å². The maximum atomic E-state index is 12.4. The third kappa shape index (κ3) is 3.85. The highest BCUT2D eigenvalue weighted by Gasteiger charge is 2.17. The highest BCUT2D eigenvalue weighted by molar-refractivity contribution is 9.10. The monoisotopic (exact) mass is 421 g/mol. The van der Waals surface area contributed by atoms with Crippen LogP contribution in [0.4, 0.5) is 10.6 Å². The van der Waals surface area contributed by atoms with E-state index in [0.717, 1.165) is 21.2 Å². The zero-order valence-corrected chi connectivity index (χ0v) is 15.9. The molecule has 5 nitrogen and oxygen atoms in total. The van der Waals surface area contributed by atoms with Crippen LogP contribution in [-0.4, -0.2) is 15.5 Å². The quantitative estimate of drug-likeness (QED) is 0.472. The van der Waals surface area contributed by atoms with Crippen LogP contribution in [0.5, 0.6) is 0 Å². The molecule has 0 aliphatic heterocycles. The molecule has 0 radical (unpaired) electrons. The molecule has 1 amide bonds. The van der Waals surface area contributed by atoms with Gasteiger partial charge in [-0.05, 0) is 33.6 Å². The summed E-state index contributed by atoms with van der Waals surface area (Å²) >= 11 is 3.47. The van der Waals surface area contributed by atoms with Crippen molar-refractivity contribution in [3.8, 4) is 11.3 Å². The van der Waals surface area contributed by atoms with Crippen molar-refractivity contribution in [1.82, 2.24) is 9.38 Å². The van der Waals surface area contributed by atoms with E-state index in [4.69, 9.17) is 4.74 Å². The highest BCUT2D eigenvalue weighted by atomic mass is 79.9. The highest BCUT2D eigenvalue weighted by Crippen LogP contribution is 2.29. The minimum absolute atomic E-state index is 0.202. The Hall–Kier alpha value is -3.12. The average molecular weight is 422 g/mol. The number of hydrogen-bond acceptors (Lipinski definition) is 3. The van der Waals surface area contributed by atoms with Gasteiger partial charge in [0.25, 0.3) is 0 Å². The summed E-state index contributed by atoms with van der Waals surface area (Å²) < 4.78 is 8.08. The maximum Gasteiger partial charge on any atom is 0.413 e. The first-order valence-corrected chi connectivity index (χ1v) is 9.21. The van der Waals surface area contributed by atoms with Gasteiger partial charge in [0.05, 0.1) is 0 Å². The standard InChI is InChI=1S/C21H16BrN3O2/c22-17-11-12-18-23-19(16-9-5-2-6-10-16)20(25(18)13-17)24-21(26)27-14-15-7-3-1-4-8-15/h1-13H,14H2,(H,24,26). The van der Waals surface area contributed by atoms with E-state index in [9.17, 15) is 4.79 Å². The van der Waals surface area contributed by atoms with Crippen LogP contribution in [0.15, 0.2) is 83.5 Å². The second-order valence-electron chi connectivity index (χ2n) is 5.94. The molecule has 0 fully saturated rings. The zero-order valence-electron chi connectivity index (χ0n) is 14.3. The SMILES string of the molecule is O=C(Nc1c(-c2ccccc2)nc2ccc(Br)cn12)OCc1ccccc1. The fraction of sp³-hybridized carbons (Fsp3) is 0.0476. The number of ether oxygens (including phenoxy) is 1. The molecular weight excluding hydrogens is 406 g/mol. The second kappa shape index (κ2) is 7.63. The van der Waals surface area contributed by atoms with E-state index >= 15 is 0 Å². The maximum absolute atomic E-state index is 12.4. The Morgan fingerprint density at radius 1 is 1.00 bits per heavy atom. The summed E-state index contributed by atoms with van der Waals surface area (Å²) in [5.74, 6) is 0.565. The number of hydrogen-bond donors (Lipinski definition) is 1. The van der Waals surface area contributed by atoms with Gasteiger partial charge in [-0.15, -0.1) is 0 Å². The lowest BCUT2D eigenvalue weighted by Crippen LogP contribution is -2.15. The number of carbonyl (C=O) groups is 1. The van der Waals surface area contributed by atoms with Gasteiger partial charge in [0.15, 0.2) is 0 Å². The predicted octanol–water partition coefficient (Wildman–Crippen LogP) is 5.51. The Morgan fingerprint density at radius 2 is 1.70 bits per heavy atom. The van der Waals surface area contributed by atoms with Crippen molar-refractivity contribution in [3.05, 3.63) is 89.0 Å². The number of rotatable bonds is 4. The summed E-state index contributed by atoms with van der Waals surface area (Å²) in [6.45, 7) is 0.202. The van der Waals surface area contributed by atoms with Gasteiger partial charge >= 0.3 is 6.09 Å². The number of amides is 1. The summed E-state index contributed by atoms with van der Waals surface area (Å²) in [6, 6.07) is 23.1. The first-order chi connectivity index (χ1) is 13.2. The summed E-state index contributed by atoms with van der Waals surface area (Å²) in [5.41, 5.74) is 3.26. The predicted molar refractivity (Wildman–Crippen MR) is 109 cm³/mol. The second-order valence-corrected chi connectivity index (χ2v) is 6.85. The molecule has 6 heteroatoms. The molecule has 0 saturated heterocycles. The molecule has 4 aromatic rings. The van der Waals surface area contributed by atoms with E-state index in [1.165, 1.54) is 0 Å². The van der Waals surface area contributed by atoms with E-state index in [-0.39, 0.29) is 6.61 Å². The first-order valence-electron chi connectivity index (χ1n) is 8.41. The molecule has 0 spiro atoms. The Morgan fingerprint density at radius 3 is 2.44 bits per heavy atom. The van der Waals surface area contributed by atoms with Crippen LogP contribution >= 0.6 is 15.9 Å². The summed E-state index contributed by atoms with van der Waals surface area (Å²) in [7, 11) is 0. The third-order valence-electron chi connectivity index (χ3n) is 4.06. The van der Waals surface area contributed by atoms with Crippen molar-refractivity contribution < 1.29 is 9.53 Å². The number of fused-ring (bicyclic) bond motifs is 1. The molecule has 0 aliphatic rings. The number of carbonyl (C=O) groups excluding carboxylic acids is 1. The number of imidazole rings is 1. The fourth-order valence-electron chi connectivity index (χ4n) is 2.79.